The summed E-state index contributed by atoms with van der Waals surface area (Å²) in [6.45, 7) is 4.04. The van der Waals surface area contributed by atoms with E-state index in [1.807, 2.05) is 0 Å². The summed E-state index contributed by atoms with van der Waals surface area (Å²) < 4.78 is 0. The SMILES string of the molecule is CCCCCCCCCCC/C=C/CCCC(O)C(O)C(CO)NC(=O)C(O)CCCCCCCCC/C=C\CCCCCCCCCCCCCC. The molecule has 0 aromatic rings. The predicted octanol–water partition coefficient (Wildman–Crippen LogP) is 12.4. The first-order valence-electron chi connectivity index (χ1n) is 23.2. The molecule has 0 radical (unpaired) electrons. The highest BCUT2D eigenvalue weighted by atomic mass is 16.3. The minimum absolute atomic E-state index is 0.359. The number of amides is 1. The number of carbonyl (C=O) groups excluding carboxylic acids is 1. The summed E-state index contributed by atoms with van der Waals surface area (Å²) in [5, 5.41) is 43.7. The smallest absolute Gasteiger partial charge is 0.249 e. The van der Waals surface area contributed by atoms with Crippen LogP contribution in [0.4, 0.5) is 0 Å². The Morgan fingerprint density at radius 2 is 0.774 bits per heavy atom. The number of allylic oxidation sites excluding steroid dienone is 4. The van der Waals surface area contributed by atoms with Gasteiger partial charge in [-0.3, -0.25) is 4.79 Å². The molecule has 0 rings (SSSR count). The quantitative estimate of drug-likeness (QED) is 0.0315. The fourth-order valence-corrected chi connectivity index (χ4v) is 7.16. The van der Waals surface area contributed by atoms with E-state index in [0.717, 1.165) is 38.5 Å². The van der Waals surface area contributed by atoms with Crippen molar-refractivity contribution in [1.82, 2.24) is 5.32 Å². The van der Waals surface area contributed by atoms with Gasteiger partial charge in [0.15, 0.2) is 0 Å². The summed E-state index contributed by atoms with van der Waals surface area (Å²) in [6.07, 6.45) is 47.9. The molecule has 4 unspecified atom stereocenters. The Labute approximate surface area is 329 Å². The maximum atomic E-state index is 12.5. The molecule has 53 heavy (non-hydrogen) atoms. The van der Waals surface area contributed by atoms with E-state index in [0.29, 0.717) is 12.8 Å². The molecular formula is C47H91NO5. The molecule has 5 N–H and O–H groups in total. The van der Waals surface area contributed by atoms with E-state index in [2.05, 4.69) is 43.5 Å². The van der Waals surface area contributed by atoms with Crippen molar-refractivity contribution in [2.45, 2.75) is 263 Å². The molecule has 0 spiro atoms. The van der Waals surface area contributed by atoms with Crippen molar-refractivity contribution >= 4 is 5.91 Å². The zero-order chi connectivity index (χ0) is 38.9. The summed E-state index contributed by atoms with van der Waals surface area (Å²) >= 11 is 0. The number of nitrogens with one attached hydrogen (secondary N) is 1. The van der Waals surface area contributed by atoms with Crippen molar-refractivity contribution in [1.29, 1.82) is 0 Å². The summed E-state index contributed by atoms with van der Waals surface area (Å²) in [4.78, 5) is 12.5. The van der Waals surface area contributed by atoms with Gasteiger partial charge in [-0.05, 0) is 64.2 Å². The van der Waals surface area contributed by atoms with Crippen LogP contribution in [0.2, 0.25) is 0 Å². The third-order valence-electron chi connectivity index (χ3n) is 10.9. The van der Waals surface area contributed by atoms with E-state index >= 15 is 0 Å². The number of hydrogen-bond acceptors (Lipinski definition) is 5. The Morgan fingerprint density at radius 1 is 0.453 bits per heavy atom. The molecule has 4 atom stereocenters. The Hall–Kier alpha value is -1.21. The molecule has 0 bridgehead atoms. The first kappa shape index (κ1) is 51.8. The van der Waals surface area contributed by atoms with Crippen LogP contribution in [0, 0.1) is 0 Å². The van der Waals surface area contributed by atoms with Crippen LogP contribution in [0.25, 0.3) is 0 Å². The van der Waals surface area contributed by atoms with Gasteiger partial charge in [-0.15, -0.1) is 0 Å². The molecule has 0 aromatic carbocycles. The van der Waals surface area contributed by atoms with Crippen LogP contribution in [0.5, 0.6) is 0 Å². The van der Waals surface area contributed by atoms with Crippen molar-refractivity contribution in [2.24, 2.45) is 0 Å². The van der Waals surface area contributed by atoms with Crippen LogP contribution < -0.4 is 5.32 Å². The molecule has 314 valence electrons. The van der Waals surface area contributed by atoms with Gasteiger partial charge in [0, 0.05) is 0 Å². The Bertz CT molecular complexity index is 802. The fraction of sp³-hybridized carbons (Fsp3) is 0.894. The average molecular weight is 750 g/mol. The summed E-state index contributed by atoms with van der Waals surface area (Å²) in [5.74, 6) is -0.596. The Balaban J connectivity index is 3.72. The van der Waals surface area contributed by atoms with E-state index in [4.69, 9.17) is 0 Å². The Morgan fingerprint density at radius 3 is 1.13 bits per heavy atom. The summed E-state index contributed by atoms with van der Waals surface area (Å²) in [6, 6.07) is -1.00. The molecule has 0 saturated carbocycles. The van der Waals surface area contributed by atoms with Gasteiger partial charge in [0.25, 0.3) is 0 Å². The van der Waals surface area contributed by atoms with Crippen molar-refractivity contribution in [3.05, 3.63) is 24.3 Å². The monoisotopic (exact) mass is 750 g/mol. The lowest BCUT2D eigenvalue weighted by atomic mass is 10.00. The first-order valence-corrected chi connectivity index (χ1v) is 23.2. The molecular weight excluding hydrogens is 659 g/mol. The maximum Gasteiger partial charge on any atom is 0.249 e. The molecule has 0 saturated heterocycles. The van der Waals surface area contributed by atoms with Gasteiger partial charge in [-0.2, -0.15) is 0 Å². The number of hydrogen-bond donors (Lipinski definition) is 5. The van der Waals surface area contributed by atoms with Gasteiger partial charge >= 0.3 is 0 Å². The number of aliphatic hydroxyl groups excluding tert-OH is 4. The molecule has 6 heteroatoms. The zero-order valence-corrected chi connectivity index (χ0v) is 35.3. The van der Waals surface area contributed by atoms with E-state index in [1.54, 1.807) is 0 Å². The van der Waals surface area contributed by atoms with E-state index in [9.17, 15) is 25.2 Å². The van der Waals surface area contributed by atoms with Crippen LogP contribution >= 0.6 is 0 Å². The normalized spacial score (nSPS) is 14.3. The average Bonchev–Trinajstić information content (AvgIpc) is 3.16. The lowest BCUT2D eigenvalue weighted by Crippen LogP contribution is -2.53. The molecule has 0 aliphatic heterocycles. The van der Waals surface area contributed by atoms with Gasteiger partial charge in [0.1, 0.15) is 12.2 Å². The van der Waals surface area contributed by atoms with Gasteiger partial charge in [-0.1, -0.05) is 199 Å². The van der Waals surface area contributed by atoms with Crippen molar-refractivity contribution in [3.63, 3.8) is 0 Å². The second-order valence-electron chi connectivity index (χ2n) is 16.1. The van der Waals surface area contributed by atoms with E-state index < -0.39 is 36.9 Å². The molecule has 1 amide bonds. The minimum Gasteiger partial charge on any atom is -0.394 e. The van der Waals surface area contributed by atoms with Crippen LogP contribution in [0.3, 0.4) is 0 Å². The van der Waals surface area contributed by atoms with Crippen LogP contribution in [-0.4, -0.2) is 57.3 Å². The third-order valence-corrected chi connectivity index (χ3v) is 10.9. The predicted molar refractivity (Wildman–Crippen MR) is 228 cm³/mol. The topological polar surface area (TPSA) is 110 Å². The minimum atomic E-state index is -1.28. The highest BCUT2D eigenvalue weighted by Gasteiger charge is 2.28. The standard InChI is InChI=1S/C47H91NO5/c1-3-5-7-9-11-13-15-17-19-20-21-22-23-24-25-26-27-29-31-33-35-37-39-41-45(51)47(53)48-43(42-49)46(52)44(50)40-38-36-34-32-30-28-18-16-14-12-10-8-6-4-2/h24-25,32,34,43-46,49-52H,3-23,26-31,33,35-42H2,1-2H3,(H,48,53)/b25-24-,34-32+. The van der Waals surface area contributed by atoms with E-state index in [1.165, 1.54) is 173 Å². The lowest BCUT2D eigenvalue weighted by Gasteiger charge is -2.27. The van der Waals surface area contributed by atoms with Crippen LogP contribution in [0.1, 0.15) is 239 Å². The number of aliphatic hydroxyl groups is 4. The molecule has 0 aliphatic carbocycles. The second kappa shape index (κ2) is 41.9. The molecule has 0 aromatic heterocycles. The van der Waals surface area contributed by atoms with Crippen LogP contribution in [-0.2, 0) is 4.79 Å². The van der Waals surface area contributed by atoms with Gasteiger partial charge in [0.05, 0.1) is 18.8 Å². The molecule has 0 fully saturated rings. The van der Waals surface area contributed by atoms with Crippen molar-refractivity contribution in [3.8, 4) is 0 Å². The molecule has 0 heterocycles. The number of unbranched alkanes of at least 4 members (excludes halogenated alkanes) is 29. The first-order chi connectivity index (χ1) is 26.0. The van der Waals surface area contributed by atoms with Gasteiger partial charge in [0.2, 0.25) is 5.91 Å². The molecule has 6 nitrogen and oxygen atoms in total. The van der Waals surface area contributed by atoms with Gasteiger partial charge < -0.3 is 25.7 Å². The largest absolute Gasteiger partial charge is 0.394 e. The highest BCUT2D eigenvalue weighted by molar-refractivity contribution is 5.80. The summed E-state index contributed by atoms with van der Waals surface area (Å²) in [7, 11) is 0. The highest BCUT2D eigenvalue weighted by Crippen LogP contribution is 2.16. The van der Waals surface area contributed by atoms with E-state index in [-0.39, 0.29) is 0 Å². The van der Waals surface area contributed by atoms with Crippen molar-refractivity contribution < 1.29 is 25.2 Å². The fourth-order valence-electron chi connectivity index (χ4n) is 7.16. The zero-order valence-electron chi connectivity index (χ0n) is 35.3. The Kier molecular flexibility index (Phi) is 41.0. The van der Waals surface area contributed by atoms with Gasteiger partial charge in [-0.25, -0.2) is 0 Å². The summed E-state index contributed by atoms with van der Waals surface area (Å²) in [5.41, 5.74) is 0. The molecule has 0 aliphatic rings. The second-order valence-corrected chi connectivity index (χ2v) is 16.1. The number of rotatable bonds is 42. The van der Waals surface area contributed by atoms with Crippen LogP contribution in [0.15, 0.2) is 24.3 Å². The third kappa shape index (κ3) is 36.2. The van der Waals surface area contributed by atoms with Crippen molar-refractivity contribution in [2.75, 3.05) is 6.61 Å². The maximum absolute atomic E-state index is 12.5. The lowest BCUT2D eigenvalue weighted by molar-refractivity contribution is -0.132. The number of carbonyl (C=O) groups is 1.